The highest BCUT2D eigenvalue weighted by Gasteiger charge is 2.31. The molecule has 0 aliphatic rings. The average molecular weight is 289 g/mol. The minimum absolute atomic E-state index is 0.236. The van der Waals surface area contributed by atoms with E-state index in [9.17, 15) is 13.2 Å². The Morgan fingerprint density at radius 3 is 2.74 bits per heavy atom. The molecule has 1 aromatic heterocycles. The predicted molar refractivity (Wildman–Crippen MR) is 65.1 cm³/mol. The molecular weight excluding hydrogens is 279 g/mol. The summed E-state index contributed by atoms with van der Waals surface area (Å²) in [5.41, 5.74) is 0.662. The van der Waals surface area contributed by atoms with Crippen molar-refractivity contribution in [2.45, 2.75) is 19.8 Å². The van der Waals surface area contributed by atoms with E-state index in [4.69, 9.17) is 0 Å². The summed E-state index contributed by atoms with van der Waals surface area (Å²) >= 11 is 1.38. The lowest BCUT2D eigenvalue weighted by molar-refractivity contribution is -0.274. The number of nitrogens with zero attached hydrogens (tertiary/aromatic N) is 2. The Kier molecular flexibility index (Phi) is 3.89. The fourth-order valence-corrected chi connectivity index (χ4v) is 1.99. The van der Waals surface area contributed by atoms with Crippen LogP contribution in [0.2, 0.25) is 0 Å². The number of anilines is 1. The first-order valence-electron chi connectivity index (χ1n) is 5.31. The maximum Gasteiger partial charge on any atom is 0.573 e. The van der Waals surface area contributed by atoms with Crippen LogP contribution in [0.1, 0.15) is 10.6 Å². The van der Waals surface area contributed by atoms with Gasteiger partial charge in [-0.15, -0.1) is 23.4 Å². The maximum absolute atomic E-state index is 12.1. The van der Waals surface area contributed by atoms with Crippen LogP contribution in [0, 0.1) is 6.92 Å². The molecule has 0 aliphatic carbocycles. The number of halogens is 3. The van der Waals surface area contributed by atoms with Crippen LogP contribution in [0.3, 0.4) is 0 Å². The molecular formula is C11H10F3N3OS. The summed E-state index contributed by atoms with van der Waals surface area (Å²) in [6.45, 7) is 2.17. The lowest BCUT2D eigenvalue weighted by atomic mass is 10.2. The van der Waals surface area contributed by atoms with Gasteiger partial charge in [-0.3, -0.25) is 0 Å². The molecule has 2 rings (SSSR count). The van der Waals surface area contributed by atoms with E-state index in [0.29, 0.717) is 17.2 Å². The van der Waals surface area contributed by atoms with E-state index >= 15 is 0 Å². The second kappa shape index (κ2) is 5.43. The highest BCUT2D eigenvalue weighted by atomic mass is 32.1. The van der Waals surface area contributed by atoms with Crippen molar-refractivity contribution in [3.05, 3.63) is 34.8 Å². The third-order valence-electron chi connectivity index (χ3n) is 2.10. The van der Waals surface area contributed by atoms with E-state index < -0.39 is 6.36 Å². The molecule has 2 aromatic rings. The van der Waals surface area contributed by atoms with Crippen molar-refractivity contribution in [2.24, 2.45) is 0 Å². The van der Waals surface area contributed by atoms with Gasteiger partial charge < -0.3 is 10.1 Å². The number of hydrogen-bond donors (Lipinski definition) is 1. The number of hydrogen-bond acceptors (Lipinski definition) is 5. The predicted octanol–water partition coefficient (Wildman–Crippen LogP) is 3.36. The molecule has 0 amide bonds. The van der Waals surface area contributed by atoms with Crippen LogP contribution in [-0.4, -0.2) is 16.6 Å². The van der Waals surface area contributed by atoms with Crippen molar-refractivity contribution in [2.75, 3.05) is 5.32 Å². The van der Waals surface area contributed by atoms with E-state index in [0.717, 1.165) is 5.01 Å². The first-order chi connectivity index (χ1) is 8.92. The number of ether oxygens (including phenoxy) is 1. The second-order valence-corrected chi connectivity index (χ2v) is 4.86. The first-order valence-corrected chi connectivity index (χ1v) is 6.13. The van der Waals surface area contributed by atoms with Gasteiger partial charge in [-0.25, -0.2) is 0 Å². The number of nitrogens with one attached hydrogen (secondary N) is 1. The van der Waals surface area contributed by atoms with E-state index in [-0.39, 0.29) is 5.75 Å². The maximum atomic E-state index is 12.1. The van der Waals surface area contributed by atoms with Crippen LogP contribution in [0.25, 0.3) is 0 Å². The Morgan fingerprint density at radius 1 is 1.32 bits per heavy atom. The van der Waals surface area contributed by atoms with E-state index in [1.165, 1.54) is 29.5 Å². The lowest BCUT2D eigenvalue weighted by Crippen LogP contribution is -2.17. The van der Waals surface area contributed by atoms with E-state index in [2.05, 4.69) is 20.3 Å². The molecule has 0 bridgehead atoms. The summed E-state index contributed by atoms with van der Waals surface area (Å²) in [4.78, 5) is 0. The minimum atomic E-state index is -4.68. The number of aryl methyl sites for hydroxylation is 1. The average Bonchev–Trinajstić information content (AvgIpc) is 2.71. The summed E-state index contributed by atoms with van der Waals surface area (Å²) in [6.07, 6.45) is -4.68. The van der Waals surface area contributed by atoms with Gasteiger partial charge in [0.2, 0.25) is 5.13 Å². The van der Waals surface area contributed by atoms with Crippen LogP contribution in [0.4, 0.5) is 18.3 Å². The number of benzene rings is 1. The molecule has 102 valence electrons. The lowest BCUT2D eigenvalue weighted by Gasteiger charge is -2.10. The molecule has 19 heavy (non-hydrogen) atoms. The van der Waals surface area contributed by atoms with Crippen molar-refractivity contribution in [3.63, 3.8) is 0 Å². The summed E-state index contributed by atoms with van der Waals surface area (Å²) in [7, 11) is 0. The summed E-state index contributed by atoms with van der Waals surface area (Å²) in [5, 5.41) is 12.1. The zero-order chi connectivity index (χ0) is 13.9. The van der Waals surface area contributed by atoms with Gasteiger partial charge in [0.25, 0.3) is 0 Å². The second-order valence-electron chi connectivity index (χ2n) is 3.67. The van der Waals surface area contributed by atoms with E-state index in [1.54, 1.807) is 6.07 Å². The molecule has 1 aromatic carbocycles. The summed E-state index contributed by atoms with van der Waals surface area (Å²) in [6, 6.07) is 5.79. The topological polar surface area (TPSA) is 47.0 Å². The third-order valence-corrected chi connectivity index (χ3v) is 2.90. The molecule has 1 N–H and O–H groups in total. The van der Waals surface area contributed by atoms with Gasteiger partial charge in [0.05, 0.1) is 0 Å². The van der Waals surface area contributed by atoms with Crippen LogP contribution < -0.4 is 10.1 Å². The van der Waals surface area contributed by atoms with Gasteiger partial charge >= 0.3 is 6.36 Å². The van der Waals surface area contributed by atoms with Crippen molar-refractivity contribution >= 4 is 16.5 Å². The fourth-order valence-electron chi connectivity index (χ4n) is 1.40. The highest BCUT2D eigenvalue weighted by Crippen LogP contribution is 2.23. The summed E-state index contributed by atoms with van der Waals surface area (Å²) < 4.78 is 40.1. The van der Waals surface area contributed by atoms with Gasteiger partial charge in [-0.05, 0) is 24.6 Å². The Bertz CT molecular complexity index is 556. The van der Waals surface area contributed by atoms with Gasteiger partial charge in [-0.2, -0.15) is 0 Å². The largest absolute Gasteiger partial charge is 0.573 e. The molecule has 0 saturated carbocycles. The minimum Gasteiger partial charge on any atom is -0.406 e. The molecule has 0 fully saturated rings. The van der Waals surface area contributed by atoms with Crippen molar-refractivity contribution in [3.8, 4) is 5.75 Å². The Labute approximate surface area is 111 Å². The van der Waals surface area contributed by atoms with E-state index in [1.807, 2.05) is 6.92 Å². The molecule has 8 heteroatoms. The molecule has 1 heterocycles. The monoisotopic (exact) mass is 289 g/mol. The summed E-state index contributed by atoms with van der Waals surface area (Å²) in [5.74, 6) is -0.236. The van der Waals surface area contributed by atoms with Gasteiger partial charge in [0.1, 0.15) is 10.8 Å². The van der Waals surface area contributed by atoms with Crippen molar-refractivity contribution < 1.29 is 17.9 Å². The normalized spacial score (nSPS) is 11.4. The third kappa shape index (κ3) is 4.40. The quantitative estimate of drug-likeness (QED) is 0.937. The molecule has 4 nitrogen and oxygen atoms in total. The van der Waals surface area contributed by atoms with Crippen LogP contribution >= 0.6 is 11.3 Å². The number of alkyl halides is 3. The molecule has 0 unspecified atom stereocenters. The van der Waals surface area contributed by atoms with Gasteiger partial charge in [-0.1, -0.05) is 23.5 Å². The van der Waals surface area contributed by atoms with Crippen LogP contribution in [0.5, 0.6) is 5.75 Å². The number of rotatable bonds is 4. The first kappa shape index (κ1) is 13.6. The SMILES string of the molecule is Cc1nnc(NCc2cccc(OC(F)(F)F)c2)s1. The molecule has 0 atom stereocenters. The van der Waals surface area contributed by atoms with Gasteiger partial charge in [0.15, 0.2) is 0 Å². The molecule has 0 spiro atoms. The molecule has 0 saturated heterocycles. The smallest absolute Gasteiger partial charge is 0.406 e. The van der Waals surface area contributed by atoms with Crippen molar-refractivity contribution in [1.29, 1.82) is 0 Å². The zero-order valence-corrected chi connectivity index (χ0v) is 10.7. The van der Waals surface area contributed by atoms with Crippen molar-refractivity contribution in [1.82, 2.24) is 10.2 Å². The number of aromatic nitrogens is 2. The Hall–Kier alpha value is -1.83. The van der Waals surface area contributed by atoms with Gasteiger partial charge in [0, 0.05) is 6.54 Å². The zero-order valence-electron chi connectivity index (χ0n) is 9.86. The highest BCUT2D eigenvalue weighted by molar-refractivity contribution is 7.15. The Morgan fingerprint density at radius 2 is 2.11 bits per heavy atom. The van der Waals surface area contributed by atoms with Crippen LogP contribution in [0.15, 0.2) is 24.3 Å². The van der Waals surface area contributed by atoms with Crippen LogP contribution in [-0.2, 0) is 6.54 Å². The Balaban J connectivity index is 1.99. The molecule has 0 radical (unpaired) electrons. The standard InChI is InChI=1S/C11H10F3N3OS/c1-7-16-17-10(19-7)15-6-8-3-2-4-9(5-8)18-11(12,13)14/h2-5H,6H2,1H3,(H,15,17). The fraction of sp³-hybridized carbons (Fsp3) is 0.273. The molecule has 0 aliphatic heterocycles.